The van der Waals surface area contributed by atoms with Crippen LogP contribution in [0.1, 0.15) is 66.4 Å². The van der Waals surface area contributed by atoms with E-state index in [-0.39, 0.29) is 0 Å². The van der Waals surface area contributed by atoms with Crippen molar-refractivity contribution >= 4 is 17.3 Å². The fourth-order valence-electron chi connectivity index (χ4n) is 3.75. The minimum Gasteiger partial charge on any atom is -0.377 e. The van der Waals surface area contributed by atoms with Gasteiger partial charge in [-0.05, 0) is 54.7 Å². The first-order valence-electron chi connectivity index (χ1n) is 9.94. The fourth-order valence-corrected chi connectivity index (χ4v) is 3.96. The van der Waals surface area contributed by atoms with Crippen molar-refractivity contribution in [1.29, 1.82) is 0 Å². The van der Waals surface area contributed by atoms with Gasteiger partial charge in [-0.1, -0.05) is 64.4 Å². The predicted octanol–water partition coefficient (Wildman–Crippen LogP) is 7.38. The molecule has 0 fully saturated rings. The highest BCUT2D eigenvalue weighted by atomic mass is 35.5. The van der Waals surface area contributed by atoms with Crippen LogP contribution in [0.4, 0.5) is 0 Å². The number of hydrogen-bond donors (Lipinski definition) is 0. The number of hydrogen-bond acceptors (Lipinski definition) is 2. The molecule has 2 nitrogen and oxygen atoms in total. The van der Waals surface area contributed by atoms with E-state index in [2.05, 4.69) is 83.7 Å². The summed E-state index contributed by atoms with van der Waals surface area (Å²) in [6.07, 6.45) is 13.4. The third-order valence-electron chi connectivity index (χ3n) is 4.39. The molecule has 0 amide bonds. The molecule has 0 aromatic carbocycles. The monoisotopic (exact) mass is 388 g/mol. The van der Waals surface area contributed by atoms with Crippen molar-refractivity contribution in [1.82, 2.24) is 9.88 Å². The Labute approximate surface area is 172 Å². The zero-order chi connectivity index (χ0) is 20.6. The molecule has 0 spiro atoms. The van der Waals surface area contributed by atoms with Gasteiger partial charge in [0.1, 0.15) is 0 Å². The van der Waals surface area contributed by atoms with Gasteiger partial charge < -0.3 is 4.90 Å². The molecule has 27 heavy (non-hydrogen) atoms. The van der Waals surface area contributed by atoms with Gasteiger partial charge >= 0.3 is 0 Å². The topological polar surface area (TPSA) is 16.1 Å². The molecule has 0 aliphatic rings. The lowest BCUT2D eigenvalue weighted by molar-refractivity contribution is 0.306. The number of rotatable bonds is 8. The number of halogens is 1. The number of aromatic nitrogens is 1. The van der Waals surface area contributed by atoms with E-state index in [9.17, 15) is 0 Å². The van der Waals surface area contributed by atoms with E-state index >= 15 is 0 Å². The van der Waals surface area contributed by atoms with Crippen molar-refractivity contribution in [3.8, 4) is 0 Å². The molecule has 1 aromatic heterocycles. The Kier molecular flexibility index (Phi) is 9.32. The third kappa shape index (κ3) is 7.54. The lowest BCUT2D eigenvalue weighted by Crippen LogP contribution is -2.17. The highest BCUT2D eigenvalue weighted by Crippen LogP contribution is 2.37. The predicted molar refractivity (Wildman–Crippen MR) is 121 cm³/mol. The second kappa shape index (κ2) is 10.7. The molecule has 0 N–H and O–H groups in total. The number of pyridine rings is 1. The summed E-state index contributed by atoms with van der Waals surface area (Å²) >= 11 is 6.55. The molecule has 1 unspecified atom stereocenters. The van der Waals surface area contributed by atoms with E-state index in [0.29, 0.717) is 16.4 Å². The molecule has 3 heteroatoms. The summed E-state index contributed by atoms with van der Waals surface area (Å²) in [5.74, 6) is 0.570. The average molecular weight is 389 g/mol. The van der Waals surface area contributed by atoms with E-state index in [1.165, 1.54) is 23.3 Å². The van der Waals surface area contributed by atoms with E-state index in [1.54, 1.807) is 6.20 Å². The molecule has 1 rings (SSSR count). The van der Waals surface area contributed by atoms with Gasteiger partial charge in [0.05, 0.1) is 5.02 Å². The summed E-state index contributed by atoms with van der Waals surface area (Å²) in [6.45, 7) is 13.6. The van der Waals surface area contributed by atoms with Crippen LogP contribution < -0.4 is 0 Å². The molecule has 0 aliphatic heterocycles. The largest absolute Gasteiger partial charge is 0.377 e. The van der Waals surface area contributed by atoms with Gasteiger partial charge in [0, 0.05) is 37.7 Å². The average Bonchev–Trinajstić information content (AvgIpc) is 2.53. The van der Waals surface area contributed by atoms with Crippen LogP contribution in [0.15, 0.2) is 47.8 Å². The summed E-state index contributed by atoms with van der Waals surface area (Å²) in [7, 11) is 4.19. The van der Waals surface area contributed by atoms with Crippen molar-refractivity contribution in [3.63, 3.8) is 0 Å². The smallest absolute Gasteiger partial charge is 0.0682 e. The molecule has 1 aromatic rings. The highest BCUT2D eigenvalue weighted by molar-refractivity contribution is 6.32. The van der Waals surface area contributed by atoms with Gasteiger partial charge in [0.25, 0.3) is 0 Å². The quantitative estimate of drug-likeness (QED) is 0.431. The van der Waals surface area contributed by atoms with Crippen LogP contribution in [0, 0.1) is 11.3 Å². The van der Waals surface area contributed by atoms with Crippen molar-refractivity contribution in [3.05, 3.63) is 58.4 Å². The third-order valence-corrected chi connectivity index (χ3v) is 4.69. The van der Waals surface area contributed by atoms with Crippen molar-refractivity contribution in [2.45, 2.75) is 60.8 Å². The second-order valence-corrected chi connectivity index (χ2v) is 9.13. The van der Waals surface area contributed by atoms with Crippen molar-refractivity contribution in [2.24, 2.45) is 11.3 Å². The summed E-state index contributed by atoms with van der Waals surface area (Å²) < 4.78 is 0. The summed E-state index contributed by atoms with van der Waals surface area (Å²) in [5, 5.41) is 0.693. The molecular formula is C24H37ClN2. The molecule has 150 valence electrons. The first-order valence-corrected chi connectivity index (χ1v) is 10.3. The van der Waals surface area contributed by atoms with Gasteiger partial charge in [-0.3, -0.25) is 4.98 Å². The first-order chi connectivity index (χ1) is 12.6. The highest BCUT2D eigenvalue weighted by Gasteiger charge is 2.22. The van der Waals surface area contributed by atoms with Crippen LogP contribution in [-0.2, 0) is 0 Å². The maximum absolute atomic E-state index is 6.55. The van der Waals surface area contributed by atoms with E-state index in [4.69, 9.17) is 11.6 Å². The Hall–Kier alpha value is -1.54. The summed E-state index contributed by atoms with van der Waals surface area (Å²) in [4.78, 5) is 6.36. The molecule has 1 atom stereocenters. The standard InChI is InChI=1S/C24H37ClN2/c1-9-11-19(12-10-2)21(15-18(3)16-24(4,5)6)23(27(7)8)20-13-14-26-17-22(20)25/h9,11-14,17-18H,10,15-16H2,1-8H3/b11-9-,19-12+,23-21+. The van der Waals surface area contributed by atoms with E-state index in [0.717, 1.165) is 18.4 Å². The molecule has 0 saturated heterocycles. The maximum Gasteiger partial charge on any atom is 0.0682 e. The second-order valence-electron chi connectivity index (χ2n) is 8.72. The van der Waals surface area contributed by atoms with Crippen molar-refractivity contribution in [2.75, 3.05) is 14.1 Å². The molecule has 0 bridgehead atoms. The molecular weight excluding hydrogens is 352 g/mol. The fraction of sp³-hybridized carbons (Fsp3) is 0.542. The van der Waals surface area contributed by atoms with Gasteiger partial charge in [0.2, 0.25) is 0 Å². The summed E-state index contributed by atoms with van der Waals surface area (Å²) in [6, 6.07) is 2.02. The lowest BCUT2D eigenvalue weighted by atomic mass is 9.81. The van der Waals surface area contributed by atoms with Gasteiger partial charge in [-0.25, -0.2) is 0 Å². The SMILES string of the molecule is C\C=C/C(=C\CC)C(/CC(C)CC(C)(C)C)=C(\c1ccncc1Cl)N(C)C. The van der Waals surface area contributed by atoms with E-state index in [1.807, 2.05) is 12.3 Å². The Balaban J connectivity index is 3.62. The zero-order valence-electron chi connectivity index (χ0n) is 18.4. The van der Waals surface area contributed by atoms with Crippen LogP contribution in [0.5, 0.6) is 0 Å². The Morgan fingerprint density at radius 2 is 1.96 bits per heavy atom. The van der Waals surface area contributed by atoms with Crippen LogP contribution >= 0.6 is 11.6 Å². The normalized spacial score (nSPS) is 15.1. The van der Waals surface area contributed by atoms with Crippen LogP contribution in [0.2, 0.25) is 5.02 Å². The maximum atomic E-state index is 6.55. The molecule has 0 saturated carbocycles. The summed E-state index contributed by atoms with van der Waals surface area (Å²) in [5.41, 5.74) is 5.18. The molecule has 0 radical (unpaired) electrons. The van der Waals surface area contributed by atoms with E-state index < -0.39 is 0 Å². The van der Waals surface area contributed by atoms with Gasteiger partial charge in [0.15, 0.2) is 0 Å². The molecule has 1 heterocycles. The molecule has 0 aliphatic carbocycles. The number of allylic oxidation sites excluding steroid dienone is 5. The van der Waals surface area contributed by atoms with Crippen LogP contribution in [0.25, 0.3) is 5.70 Å². The van der Waals surface area contributed by atoms with Crippen molar-refractivity contribution < 1.29 is 0 Å². The van der Waals surface area contributed by atoms with Crippen LogP contribution in [0.3, 0.4) is 0 Å². The van der Waals surface area contributed by atoms with Gasteiger partial charge in [-0.15, -0.1) is 0 Å². The number of nitrogens with zero attached hydrogens (tertiary/aromatic N) is 2. The van der Waals surface area contributed by atoms with Crippen LogP contribution in [-0.4, -0.2) is 24.0 Å². The zero-order valence-corrected chi connectivity index (χ0v) is 19.2. The Bertz CT molecular complexity index is 691. The first kappa shape index (κ1) is 23.5. The minimum atomic E-state index is 0.312. The lowest BCUT2D eigenvalue weighted by Gasteiger charge is -2.28. The minimum absolute atomic E-state index is 0.312. The Morgan fingerprint density at radius 1 is 1.30 bits per heavy atom. The van der Waals surface area contributed by atoms with Gasteiger partial charge in [-0.2, -0.15) is 0 Å². The Morgan fingerprint density at radius 3 is 2.44 bits per heavy atom.